The minimum absolute atomic E-state index is 0.259. The second-order valence-corrected chi connectivity index (χ2v) is 3.27. The number of hydrogen-bond donors (Lipinski definition) is 1. The van der Waals surface area contributed by atoms with Crippen molar-refractivity contribution >= 4 is 0 Å². The van der Waals surface area contributed by atoms with Crippen LogP contribution in [0, 0.1) is 5.92 Å². The van der Waals surface area contributed by atoms with Crippen molar-refractivity contribution in [2.75, 3.05) is 6.61 Å². The lowest BCUT2D eigenvalue weighted by molar-refractivity contribution is -0.0177. The lowest BCUT2D eigenvalue weighted by atomic mass is 10.0. The molecular formula is C9H20O2. The summed E-state index contributed by atoms with van der Waals surface area (Å²) in [6.07, 6.45) is 1.04. The Hall–Kier alpha value is -0.0800. The van der Waals surface area contributed by atoms with E-state index in [2.05, 4.69) is 20.8 Å². The highest BCUT2D eigenvalue weighted by Gasteiger charge is 2.10. The van der Waals surface area contributed by atoms with Gasteiger partial charge >= 0.3 is 0 Å². The highest BCUT2D eigenvalue weighted by atomic mass is 16.5. The van der Waals surface area contributed by atoms with Gasteiger partial charge < -0.3 is 9.84 Å². The number of rotatable bonds is 5. The van der Waals surface area contributed by atoms with Gasteiger partial charge in [-0.2, -0.15) is 0 Å². The summed E-state index contributed by atoms with van der Waals surface area (Å²) in [5.74, 6) is 0.578. The van der Waals surface area contributed by atoms with E-state index < -0.39 is 0 Å². The molecule has 0 aliphatic heterocycles. The largest absolute Gasteiger partial charge is 0.391 e. The van der Waals surface area contributed by atoms with E-state index >= 15 is 0 Å². The molecule has 1 N–H and O–H groups in total. The van der Waals surface area contributed by atoms with Gasteiger partial charge in [0.25, 0.3) is 0 Å². The standard InChI is InChI=1S/C9H20O2/c1-5-7(2)9(4)11-6-8(3)10/h7-10H,5-6H2,1-4H3. The van der Waals surface area contributed by atoms with Crippen molar-refractivity contribution in [3.8, 4) is 0 Å². The summed E-state index contributed by atoms with van der Waals surface area (Å²) in [7, 11) is 0. The molecule has 0 spiro atoms. The summed E-state index contributed by atoms with van der Waals surface area (Å²) in [4.78, 5) is 0. The minimum atomic E-state index is -0.346. The molecule has 2 nitrogen and oxygen atoms in total. The van der Waals surface area contributed by atoms with Crippen LogP contribution in [0.1, 0.15) is 34.1 Å². The molecule has 0 saturated heterocycles. The zero-order valence-electron chi connectivity index (χ0n) is 8.00. The van der Waals surface area contributed by atoms with Crippen LogP contribution in [0.3, 0.4) is 0 Å². The van der Waals surface area contributed by atoms with Crippen LogP contribution in [0.25, 0.3) is 0 Å². The first-order valence-electron chi connectivity index (χ1n) is 4.37. The third kappa shape index (κ3) is 5.22. The minimum Gasteiger partial charge on any atom is -0.391 e. The summed E-state index contributed by atoms with van der Waals surface area (Å²) in [5.41, 5.74) is 0. The summed E-state index contributed by atoms with van der Waals surface area (Å²) < 4.78 is 5.41. The van der Waals surface area contributed by atoms with Crippen LogP contribution in [0.5, 0.6) is 0 Å². The fourth-order valence-corrected chi connectivity index (χ4v) is 0.787. The van der Waals surface area contributed by atoms with Gasteiger partial charge in [0.2, 0.25) is 0 Å². The molecule has 0 rings (SSSR count). The quantitative estimate of drug-likeness (QED) is 0.664. The Morgan fingerprint density at radius 2 is 1.82 bits per heavy atom. The molecule has 0 radical (unpaired) electrons. The number of aliphatic hydroxyl groups is 1. The smallest absolute Gasteiger partial charge is 0.0745 e. The van der Waals surface area contributed by atoms with Crippen molar-refractivity contribution in [3.63, 3.8) is 0 Å². The van der Waals surface area contributed by atoms with E-state index in [9.17, 15) is 0 Å². The van der Waals surface area contributed by atoms with Crippen molar-refractivity contribution in [2.45, 2.75) is 46.3 Å². The zero-order valence-corrected chi connectivity index (χ0v) is 8.00. The topological polar surface area (TPSA) is 29.5 Å². The van der Waals surface area contributed by atoms with E-state index in [1.807, 2.05) is 0 Å². The molecule has 3 atom stereocenters. The zero-order chi connectivity index (χ0) is 8.85. The van der Waals surface area contributed by atoms with Crippen LogP contribution >= 0.6 is 0 Å². The van der Waals surface area contributed by atoms with Crippen molar-refractivity contribution in [1.29, 1.82) is 0 Å². The molecular weight excluding hydrogens is 140 g/mol. The van der Waals surface area contributed by atoms with E-state index in [-0.39, 0.29) is 12.2 Å². The predicted octanol–water partition coefficient (Wildman–Crippen LogP) is 1.82. The van der Waals surface area contributed by atoms with Crippen LogP contribution in [0.2, 0.25) is 0 Å². The highest BCUT2D eigenvalue weighted by molar-refractivity contribution is 4.59. The van der Waals surface area contributed by atoms with Gasteiger partial charge in [-0.15, -0.1) is 0 Å². The van der Waals surface area contributed by atoms with Crippen LogP contribution < -0.4 is 0 Å². The first kappa shape index (κ1) is 10.9. The average molecular weight is 160 g/mol. The third-order valence-electron chi connectivity index (χ3n) is 2.05. The summed E-state index contributed by atoms with van der Waals surface area (Å²) in [6.45, 7) is 8.55. The van der Waals surface area contributed by atoms with Crippen LogP contribution in [-0.4, -0.2) is 23.9 Å². The maximum Gasteiger partial charge on any atom is 0.0745 e. The fourth-order valence-electron chi connectivity index (χ4n) is 0.787. The van der Waals surface area contributed by atoms with E-state index in [1.54, 1.807) is 6.92 Å². The molecule has 68 valence electrons. The molecule has 0 bridgehead atoms. The van der Waals surface area contributed by atoms with Crippen molar-refractivity contribution in [2.24, 2.45) is 5.92 Å². The fraction of sp³-hybridized carbons (Fsp3) is 1.00. The first-order chi connectivity index (χ1) is 5.07. The van der Waals surface area contributed by atoms with E-state index in [0.717, 1.165) is 6.42 Å². The van der Waals surface area contributed by atoms with Crippen molar-refractivity contribution in [3.05, 3.63) is 0 Å². The summed E-state index contributed by atoms with van der Waals surface area (Å²) in [6, 6.07) is 0. The van der Waals surface area contributed by atoms with Crippen molar-refractivity contribution < 1.29 is 9.84 Å². The Morgan fingerprint density at radius 3 is 2.18 bits per heavy atom. The molecule has 0 fully saturated rings. The number of aliphatic hydroxyl groups excluding tert-OH is 1. The van der Waals surface area contributed by atoms with Crippen LogP contribution in [-0.2, 0) is 4.74 Å². The molecule has 3 unspecified atom stereocenters. The maximum atomic E-state index is 8.93. The molecule has 0 saturated carbocycles. The predicted molar refractivity (Wildman–Crippen MR) is 46.5 cm³/mol. The molecule has 0 aromatic rings. The van der Waals surface area contributed by atoms with Gasteiger partial charge in [-0.3, -0.25) is 0 Å². The van der Waals surface area contributed by atoms with Gasteiger partial charge in [0.1, 0.15) is 0 Å². The molecule has 11 heavy (non-hydrogen) atoms. The van der Waals surface area contributed by atoms with Crippen molar-refractivity contribution in [1.82, 2.24) is 0 Å². The second-order valence-electron chi connectivity index (χ2n) is 3.27. The van der Waals surface area contributed by atoms with E-state index in [1.165, 1.54) is 0 Å². The second kappa shape index (κ2) is 5.56. The molecule has 0 aromatic heterocycles. The lowest BCUT2D eigenvalue weighted by Gasteiger charge is -2.19. The average Bonchev–Trinajstić information content (AvgIpc) is 1.98. The summed E-state index contributed by atoms with van der Waals surface area (Å²) in [5, 5.41) is 8.93. The Bertz CT molecular complexity index is 91.6. The lowest BCUT2D eigenvalue weighted by Crippen LogP contribution is -2.22. The Morgan fingerprint density at radius 1 is 1.27 bits per heavy atom. The number of ether oxygens (including phenoxy) is 1. The Labute approximate surface area is 69.6 Å². The molecule has 2 heteroatoms. The third-order valence-corrected chi connectivity index (χ3v) is 2.05. The van der Waals surface area contributed by atoms with Gasteiger partial charge in [0.05, 0.1) is 18.8 Å². The SMILES string of the molecule is CCC(C)C(C)OCC(C)O. The van der Waals surface area contributed by atoms with Gasteiger partial charge in [0, 0.05) is 0 Å². The Kier molecular flexibility index (Phi) is 5.51. The first-order valence-corrected chi connectivity index (χ1v) is 4.37. The maximum absolute atomic E-state index is 8.93. The summed E-state index contributed by atoms with van der Waals surface area (Å²) >= 11 is 0. The monoisotopic (exact) mass is 160 g/mol. The molecule has 0 aliphatic carbocycles. The van der Waals surface area contributed by atoms with Gasteiger partial charge in [-0.05, 0) is 19.8 Å². The molecule has 0 aliphatic rings. The van der Waals surface area contributed by atoms with Gasteiger partial charge in [0.15, 0.2) is 0 Å². The van der Waals surface area contributed by atoms with E-state index in [4.69, 9.17) is 9.84 Å². The van der Waals surface area contributed by atoms with Gasteiger partial charge in [-0.1, -0.05) is 20.3 Å². The Balaban J connectivity index is 3.43. The van der Waals surface area contributed by atoms with Crippen LogP contribution in [0.15, 0.2) is 0 Å². The highest BCUT2D eigenvalue weighted by Crippen LogP contribution is 2.10. The number of hydrogen-bond acceptors (Lipinski definition) is 2. The molecule has 0 aromatic carbocycles. The molecule has 0 amide bonds. The molecule has 0 heterocycles. The van der Waals surface area contributed by atoms with E-state index in [0.29, 0.717) is 12.5 Å². The normalized spacial score (nSPS) is 19.4. The van der Waals surface area contributed by atoms with Gasteiger partial charge in [-0.25, -0.2) is 0 Å². The van der Waals surface area contributed by atoms with Crippen LogP contribution in [0.4, 0.5) is 0 Å².